The maximum absolute atomic E-state index is 12.6. The number of azo groups is 1. The number of hydrogen-bond acceptors (Lipinski definition) is 8. The molecule has 0 saturated carbocycles. The number of esters is 2. The molecule has 45 heavy (non-hydrogen) atoms. The Balaban J connectivity index is 1.21. The zero-order chi connectivity index (χ0) is 31.9. The maximum atomic E-state index is 12.6. The molecule has 0 atom stereocenters. The Morgan fingerprint density at radius 3 is 1.71 bits per heavy atom. The minimum Gasteiger partial charge on any atom is -0.494 e. The van der Waals surface area contributed by atoms with Crippen LogP contribution in [-0.2, 0) is 9.53 Å². The smallest absolute Gasteiger partial charge is 0.343 e. The second-order valence-electron chi connectivity index (χ2n) is 10.4. The van der Waals surface area contributed by atoms with Crippen LogP contribution in [0.5, 0.6) is 23.0 Å². The van der Waals surface area contributed by atoms with Gasteiger partial charge in [-0.2, -0.15) is 10.2 Å². The van der Waals surface area contributed by atoms with Crippen molar-refractivity contribution in [3.8, 4) is 23.0 Å². The number of rotatable bonds is 16. The summed E-state index contributed by atoms with van der Waals surface area (Å²) < 4.78 is 22.2. The van der Waals surface area contributed by atoms with Crippen molar-refractivity contribution in [2.24, 2.45) is 10.2 Å². The van der Waals surface area contributed by atoms with Gasteiger partial charge < -0.3 is 18.9 Å². The minimum atomic E-state index is -0.472. The summed E-state index contributed by atoms with van der Waals surface area (Å²) in [4.78, 5) is 23.7. The molecule has 0 aliphatic rings. The number of unbranched alkanes of at least 4 members (excludes halogenated alkanes) is 1. The van der Waals surface area contributed by atoms with E-state index in [1.807, 2.05) is 36.4 Å². The van der Waals surface area contributed by atoms with Crippen LogP contribution in [0.4, 0.5) is 11.4 Å². The van der Waals surface area contributed by atoms with Crippen LogP contribution in [-0.4, -0.2) is 25.2 Å². The maximum Gasteiger partial charge on any atom is 0.343 e. The fourth-order valence-corrected chi connectivity index (χ4v) is 4.52. The molecular weight excluding hydrogens is 568 g/mol. The first-order chi connectivity index (χ1) is 22.0. The lowest BCUT2D eigenvalue weighted by atomic mass is 9.94. The molecule has 234 valence electrons. The van der Waals surface area contributed by atoms with Gasteiger partial charge in [-0.05, 0) is 122 Å². The number of hydrogen-bond donors (Lipinski definition) is 0. The van der Waals surface area contributed by atoms with E-state index in [1.54, 1.807) is 55.5 Å². The van der Waals surface area contributed by atoms with Gasteiger partial charge in [-0.15, -0.1) is 0 Å². The van der Waals surface area contributed by atoms with Crippen LogP contribution in [0, 0.1) is 0 Å². The predicted molar refractivity (Wildman–Crippen MR) is 174 cm³/mol. The predicted octanol–water partition coefficient (Wildman–Crippen LogP) is 10.1. The largest absolute Gasteiger partial charge is 0.494 e. The molecule has 0 heterocycles. The Hall–Kier alpha value is -4.98. The van der Waals surface area contributed by atoms with Crippen LogP contribution in [0.15, 0.2) is 107 Å². The van der Waals surface area contributed by atoms with Crippen LogP contribution in [0.3, 0.4) is 0 Å². The Bertz CT molecular complexity index is 1510. The molecule has 8 heteroatoms. The third-order valence-electron chi connectivity index (χ3n) is 7.19. The van der Waals surface area contributed by atoms with Gasteiger partial charge in [-0.1, -0.05) is 32.9 Å². The Morgan fingerprint density at radius 1 is 0.622 bits per heavy atom. The van der Waals surface area contributed by atoms with Gasteiger partial charge in [-0.3, -0.25) is 4.79 Å². The first kappa shape index (κ1) is 32.9. The molecule has 0 N–H and O–H groups in total. The third-order valence-corrected chi connectivity index (χ3v) is 7.19. The number of benzene rings is 4. The number of nitrogens with zero attached hydrogens (tertiary/aromatic N) is 2. The summed E-state index contributed by atoms with van der Waals surface area (Å²) in [6, 6.07) is 29.2. The van der Waals surface area contributed by atoms with E-state index in [9.17, 15) is 9.59 Å². The molecule has 0 bridgehead atoms. The third kappa shape index (κ3) is 10.6. The second-order valence-corrected chi connectivity index (χ2v) is 10.4. The van der Waals surface area contributed by atoms with E-state index in [-0.39, 0.29) is 5.97 Å². The minimum absolute atomic E-state index is 0.196. The molecule has 4 aromatic carbocycles. The van der Waals surface area contributed by atoms with E-state index >= 15 is 0 Å². The normalized spacial score (nSPS) is 11.0. The van der Waals surface area contributed by atoms with Crippen LogP contribution < -0.4 is 14.2 Å². The zero-order valence-electron chi connectivity index (χ0n) is 26.1. The van der Waals surface area contributed by atoms with Gasteiger partial charge in [0, 0.05) is 6.42 Å². The van der Waals surface area contributed by atoms with Gasteiger partial charge in [-0.25, -0.2) is 4.79 Å². The molecule has 0 spiro atoms. The van der Waals surface area contributed by atoms with Crippen LogP contribution in [0.25, 0.3) is 0 Å². The van der Waals surface area contributed by atoms with Gasteiger partial charge in [0.2, 0.25) is 0 Å². The van der Waals surface area contributed by atoms with Gasteiger partial charge in [0.15, 0.2) is 0 Å². The van der Waals surface area contributed by atoms with E-state index in [0.717, 1.165) is 37.1 Å². The number of ether oxygens (including phenoxy) is 4. The lowest BCUT2D eigenvalue weighted by molar-refractivity contribution is -0.143. The summed E-state index contributed by atoms with van der Waals surface area (Å²) in [5.41, 5.74) is 3.28. The molecule has 8 nitrogen and oxygen atoms in total. The molecule has 0 fully saturated rings. The molecule has 0 saturated heterocycles. The number of carbonyl (C=O) groups excluding carboxylic acids is 2. The van der Waals surface area contributed by atoms with E-state index in [1.165, 1.54) is 5.56 Å². The van der Waals surface area contributed by atoms with Crippen LogP contribution >= 0.6 is 0 Å². The fourth-order valence-electron chi connectivity index (χ4n) is 4.52. The van der Waals surface area contributed by atoms with E-state index in [2.05, 4.69) is 36.2 Å². The molecule has 4 aromatic rings. The van der Waals surface area contributed by atoms with Gasteiger partial charge in [0.1, 0.15) is 23.0 Å². The molecule has 4 rings (SSSR count). The van der Waals surface area contributed by atoms with E-state index < -0.39 is 5.97 Å². The van der Waals surface area contributed by atoms with Crippen LogP contribution in [0.1, 0.15) is 74.7 Å². The highest BCUT2D eigenvalue weighted by Gasteiger charge is 2.10. The van der Waals surface area contributed by atoms with Gasteiger partial charge >= 0.3 is 11.9 Å². The van der Waals surface area contributed by atoms with Crippen molar-refractivity contribution >= 4 is 23.3 Å². The Kier molecular flexibility index (Phi) is 12.7. The van der Waals surface area contributed by atoms with Crippen molar-refractivity contribution in [1.29, 1.82) is 0 Å². The van der Waals surface area contributed by atoms with Gasteiger partial charge in [0.05, 0.1) is 30.2 Å². The van der Waals surface area contributed by atoms with Crippen molar-refractivity contribution in [3.05, 3.63) is 108 Å². The van der Waals surface area contributed by atoms with Crippen molar-refractivity contribution in [1.82, 2.24) is 0 Å². The lowest BCUT2D eigenvalue weighted by Gasteiger charge is -2.12. The van der Waals surface area contributed by atoms with Crippen molar-refractivity contribution in [2.75, 3.05) is 13.2 Å². The highest BCUT2D eigenvalue weighted by Crippen LogP contribution is 2.28. The van der Waals surface area contributed by atoms with Crippen molar-refractivity contribution < 1.29 is 28.5 Å². The Labute approximate surface area is 265 Å². The van der Waals surface area contributed by atoms with Crippen LogP contribution in [0.2, 0.25) is 0 Å². The second kappa shape index (κ2) is 17.3. The molecule has 0 amide bonds. The standard InChI is InChI=1S/C37H40N2O6/c1-4-27(5-2)28-9-13-30(14-10-28)38-39-31-15-19-33(20-16-31)44-34-21-23-35(24-22-34)45-37(41)29-11-17-32(18-12-29)42-25-7-8-26-43-36(40)6-3/h9-24,27H,4-8,25-26H2,1-3H3. The zero-order valence-corrected chi connectivity index (χ0v) is 26.1. The first-order valence-corrected chi connectivity index (χ1v) is 15.5. The average Bonchev–Trinajstić information content (AvgIpc) is 3.08. The SMILES string of the molecule is CCC(=O)OCCCCOc1ccc(C(=O)Oc2ccc(Oc3ccc(N=Nc4ccc(C(CC)CC)cc4)cc3)cc2)cc1. The summed E-state index contributed by atoms with van der Waals surface area (Å²) in [5, 5.41) is 8.69. The van der Waals surface area contributed by atoms with E-state index in [4.69, 9.17) is 18.9 Å². The van der Waals surface area contributed by atoms with Crippen molar-refractivity contribution in [3.63, 3.8) is 0 Å². The summed E-state index contributed by atoms with van der Waals surface area (Å²) in [6.07, 6.45) is 4.12. The molecule has 0 aliphatic carbocycles. The average molecular weight is 609 g/mol. The highest BCUT2D eigenvalue weighted by atomic mass is 16.5. The molecule has 0 unspecified atom stereocenters. The summed E-state index contributed by atoms with van der Waals surface area (Å²) in [6.45, 7) is 7.07. The summed E-state index contributed by atoms with van der Waals surface area (Å²) in [5.74, 6) is 2.21. The molecular formula is C37H40N2O6. The quantitative estimate of drug-likeness (QED) is 0.0543. The first-order valence-electron chi connectivity index (χ1n) is 15.5. The molecule has 0 aromatic heterocycles. The molecule has 0 aliphatic heterocycles. The summed E-state index contributed by atoms with van der Waals surface area (Å²) in [7, 11) is 0. The number of carbonyl (C=O) groups is 2. The highest BCUT2D eigenvalue weighted by molar-refractivity contribution is 5.91. The fraction of sp³-hybridized carbons (Fsp3) is 0.297. The Morgan fingerprint density at radius 2 is 1.13 bits per heavy atom. The molecule has 0 radical (unpaired) electrons. The van der Waals surface area contributed by atoms with Crippen molar-refractivity contribution in [2.45, 2.75) is 58.8 Å². The summed E-state index contributed by atoms with van der Waals surface area (Å²) >= 11 is 0. The lowest BCUT2D eigenvalue weighted by Crippen LogP contribution is -2.08. The topological polar surface area (TPSA) is 95.8 Å². The van der Waals surface area contributed by atoms with E-state index in [0.29, 0.717) is 54.1 Å². The van der Waals surface area contributed by atoms with Gasteiger partial charge in [0.25, 0.3) is 0 Å². The monoisotopic (exact) mass is 608 g/mol.